The van der Waals surface area contributed by atoms with Gasteiger partial charge < -0.3 is 9.32 Å². The Morgan fingerprint density at radius 3 is 2.59 bits per heavy atom. The van der Waals surface area contributed by atoms with Crippen LogP contribution < -0.4 is 0 Å². The van der Waals surface area contributed by atoms with Crippen LogP contribution in [0.1, 0.15) is 43.5 Å². The molecule has 2 aromatic rings. The fraction of sp³-hybridized carbons (Fsp3) is 0.600. The van der Waals surface area contributed by atoms with E-state index in [1.165, 1.54) is 22.3 Å². The van der Waals surface area contributed by atoms with Crippen molar-refractivity contribution in [3.63, 3.8) is 0 Å². The maximum Gasteiger partial charge on any atom is 0.247 e. The Morgan fingerprint density at radius 2 is 2.06 bits per heavy atom. The Labute approximate surface area is 189 Å². The predicted molar refractivity (Wildman–Crippen MR) is 118 cm³/mol. The van der Waals surface area contributed by atoms with Crippen molar-refractivity contribution in [3.8, 4) is 0 Å². The molecule has 178 valence electrons. The molecule has 1 aliphatic rings. The Kier molecular flexibility index (Phi) is 6.87. The average Bonchev–Trinajstić information content (AvgIpc) is 3.41. The molecule has 10 nitrogen and oxygen atoms in total. The molecule has 0 aromatic carbocycles. The first-order valence-corrected chi connectivity index (χ1v) is 13.7. The van der Waals surface area contributed by atoms with Gasteiger partial charge in [0.15, 0.2) is 9.84 Å². The third-order valence-corrected chi connectivity index (χ3v) is 9.69. The summed E-state index contributed by atoms with van der Waals surface area (Å²) in [6.07, 6.45) is 1.88. The molecule has 1 fully saturated rings. The minimum Gasteiger partial charge on any atom is -0.468 e. The summed E-state index contributed by atoms with van der Waals surface area (Å²) in [6, 6.07) is 2.22. The van der Waals surface area contributed by atoms with E-state index in [1.807, 2.05) is 0 Å². The van der Waals surface area contributed by atoms with Crippen LogP contribution in [0.5, 0.6) is 0 Å². The largest absolute Gasteiger partial charge is 0.468 e. The lowest BCUT2D eigenvalue weighted by molar-refractivity contribution is -0.136. The average molecular weight is 487 g/mol. The zero-order valence-corrected chi connectivity index (χ0v) is 20.6. The van der Waals surface area contributed by atoms with Crippen LogP contribution >= 0.6 is 0 Å². The first-order valence-electron chi connectivity index (χ1n) is 10.4. The van der Waals surface area contributed by atoms with E-state index < -0.39 is 25.9 Å². The molecule has 0 unspecified atom stereocenters. The van der Waals surface area contributed by atoms with Crippen molar-refractivity contribution < 1.29 is 26.0 Å². The highest BCUT2D eigenvalue weighted by molar-refractivity contribution is 7.91. The molecule has 1 amide bonds. The minimum absolute atomic E-state index is 0.0480. The lowest BCUT2D eigenvalue weighted by atomic mass is 10.2. The third kappa shape index (κ3) is 4.62. The molecule has 3 rings (SSSR count). The van der Waals surface area contributed by atoms with Gasteiger partial charge in [-0.15, -0.1) is 0 Å². The smallest absolute Gasteiger partial charge is 0.247 e. The molecule has 0 N–H and O–H groups in total. The molecular weight excluding hydrogens is 456 g/mol. The second-order valence-electron chi connectivity index (χ2n) is 8.14. The number of hydrogen-bond acceptors (Lipinski definition) is 7. The van der Waals surface area contributed by atoms with Gasteiger partial charge in [-0.05, 0) is 46.2 Å². The number of nitrogens with zero attached hydrogens (tertiary/aromatic N) is 4. The molecule has 1 aliphatic heterocycles. The number of carbonyl (C=O) groups is 1. The Bertz CT molecular complexity index is 1190. The van der Waals surface area contributed by atoms with E-state index in [0.29, 0.717) is 30.1 Å². The maximum atomic E-state index is 13.2. The third-order valence-electron chi connectivity index (χ3n) is 5.88. The van der Waals surface area contributed by atoms with E-state index in [0.717, 1.165) is 0 Å². The van der Waals surface area contributed by atoms with Crippen LogP contribution in [0.15, 0.2) is 27.7 Å². The Hall–Kier alpha value is -2.18. The van der Waals surface area contributed by atoms with Crippen LogP contribution in [0.4, 0.5) is 0 Å². The maximum absolute atomic E-state index is 13.2. The van der Waals surface area contributed by atoms with Crippen LogP contribution in [-0.2, 0) is 31.2 Å². The second kappa shape index (κ2) is 8.99. The number of aromatic nitrogens is 2. The van der Waals surface area contributed by atoms with Gasteiger partial charge in [-0.3, -0.25) is 9.48 Å². The van der Waals surface area contributed by atoms with Crippen LogP contribution in [-0.4, -0.2) is 72.9 Å². The minimum atomic E-state index is -3.89. The van der Waals surface area contributed by atoms with Crippen molar-refractivity contribution in [2.24, 2.45) is 0 Å². The summed E-state index contributed by atoms with van der Waals surface area (Å²) < 4.78 is 58.1. The molecule has 0 saturated carbocycles. The van der Waals surface area contributed by atoms with Crippen molar-refractivity contribution in [3.05, 3.63) is 35.5 Å². The first-order chi connectivity index (χ1) is 14.9. The van der Waals surface area contributed by atoms with Crippen LogP contribution in [0.2, 0.25) is 0 Å². The van der Waals surface area contributed by atoms with Gasteiger partial charge in [0.05, 0.1) is 35.7 Å². The molecule has 2 atom stereocenters. The van der Waals surface area contributed by atoms with E-state index >= 15 is 0 Å². The second-order valence-corrected chi connectivity index (χ2v) is 12.4. The van der Waals surface area contributed by atoms with Gasteiger partial charge in [-0.25, -0.2) is 16.8 Å². The summed E-state index contributed by atoms with van der Waals surface area (Å²) >= 11 is 0. The Balaban J connectivity index is 1.88. The molecule has 12 heteroatoms. The molecule has 32 heavy (non-hydrogen) atoms. The molecule has 0 radical (unpaired) electrons. The summed E-state index contributed by atoms with van der Waals surface area (Å²) in [6.45, 7) is 7.09. The summed E-state index contributed by atoms with van der Waals surface area (Å²) in [7, 11) is -5.57. The normalized spacial score (nSPS) is 19.4. The van der Waals surface area contributed by atoms with E-state index in [2.05, 4.69) is 5.10 Å². The number of furan rings is 1. The van der Waals surface area contributed by atoms with Crippen LogP contribution in [0, 0.1) is 13.8 Å². The van der Waals surface area contributed by atoms with E-state index in [4.69, 9.17) is 4.42 Å². The molecule has 2 aromatic heterocycles. The zero-order valence-electron chi connectivity index (χ0n) is 19.0. The van der Waals surface area contributed by atoms with E-state index in [-0.39, 0.29) is 34.9 Å². The summed E-state index contributed by atoms with van der Waals surface area (Å²) in [5.41, 5.74) is 0.643. The van der Waals surface area contributed by atoms with Gasteiger partial charge in [0.1, 0.15) is 16.7 Å². The molecule has 1 saturated heterocycles. The number of hydrogen-bond donors (Lipinski definition) is 0. The van der Waals surface area contributed by atoms with Gasteiger partial charge in [0, 0.05) is 19.6 Å². The number of aryl methyl sites for hydroxylation is 1. The lowest BCUT2D eigenvalue weighted by Gasteiger charge is -2.30. The fourth-order valence-corrected chi connectivity index (χ4v) is 7.44. The van der Waals surface area contributed by atoms with Gasteiger partial charge in [0.25, 0.3) is 0 Å². The topological polar surface area (TPSA) is 123 Å². The van der Waals surface area contributed by atoms with Crippen LogP contribution in [0.25, 0.3) is 0 Å². The van der Waals surface area contributed by atoms with Crippen molar-refractivity contribution >= 4 is 25.8 Å². The van der Waals surface area contributed by atoms with Crippen molar-refractivity contribution in [1.29, 1.82) is 0 Å². The van der Waals surface area contributed by atoms with Crippen molar-refractivity contribution in [1.82, 2.24) is 19.0 Å². The molecular formula is C20H30N4O6S2. The lowest BCUT2D eigenvalue weighted by Crippen LogP contribution is -2.44. The van der Waals surface area contributed by atoms with Gasteiger partial charge in [0.2, 0.25) is 15.9 Å². The monoisotopic (exact) mass is 486 g/mol. The van der Waals surface area contributed by atoms with Gasteiger partial charge >= 0.3 is 0 Å². The summed E-state index contributed by atoms with van der Waals surface area (Å²) in [4.78, 5) is 14.9. The SMILES string of the molecule is CCN(C(=O)[C@@H](C)n1nc(C)c(S(=O)(=O)N(C)Cc2ccco2)c1C)[C@H]1CCS(=O)(=O)C1. The van der Waals surface area contributed by atoms with Gasteiger partial charge in [-0.1, -0.05) is 0 Å². The van der Waals surface area contributed by atoms with E-state index in [1.54, 1.807) is 44.7 Å². The van der Waals surface area contributed by atoms with Crippen LogP contribution in [0.3, 0.4) is 0 Å². The molecule has 0 bridgehead atoms. The van der Waals surface area contributed by atoms with Crippen molar-refractivity contribution in [2.75, 3.05) is 25.1 Å². The quantitative estimate of drug-likeness (QED) is 0.554. The standard InChI is InChI=1S/C20H30N4O6S2/c1-6-23(17-9-11-31(26,27)13-17)20(25)16(4)24-15(3)19(14(2)21-24)32(28,29)22(5)12-18-8-7-10-30-18/h7-8,10,16-17H,6,9,11-13H2,1-5H3/t16-,17+/m1/s1. The number of sulfone groups is 1. The highest BCUT2D eigenvalue weighted by Crippen LogP contribution is 2.28. The number of carbonyl (C=O) groups excluding carboxylic acids is 1. The molecule has 0 spiro atoms. The number of amides is 1. The predicted octanol–water partition coefficient (Wildman–Crippen LogP) is 1.51. The number of sulfonamides is 1. The number of rotatable bonds is 8. The Morgan fingerprint density at radius 1 is 1.38 bits per heavy atom. The molecule has 3 heterocycles. The summed E-state index contributed by atoms with van der Waals surface area (Å²) in [5, 5.41) is 4.37. The highest BCUT2D eigenvalue weighted by Gasteiger charge is 2.37. The van der Waals surface area contributed by atoms with Crippen molar-refractivity contribution in [2.45, 2.75) is 57.6 Å². The number of likely N-dealkylation sites (N-methyl/N-ethyl adjacent to an activating group) is 1. The van der Waals surface area contributed by atoms with E-state index in [9.17, 15) is 21.6 Å². The first kappa shape index (κ1) is 24.5. The molecule has 0 aliphatic carbocycles. The fourth-order valence-electron chi connectivity index (χ4n) is 4.22. The van der Waals surface area contributed by atoms with Gasteiger partial charge in [-0.2, -0.15) is 9.40 Å². The highest BCUT2D eigenvalue weighted by atomic mass is 32.2. The summed E-state index contributed by atoms with van der Waals surface area (Å²) in [5.74, 6) is 0.244. The zero-order chi connectivity index (χ0) is 23.8.